The summed E-state index contributed by atoms with van der Waals surface area (Å²) < 4.78 is 26.1. The Balaban J connectivity index is 2.06. The van der Waals surface area contributed by atoms with Gasteiger partial charge in [-0.3, -0.25) is 4.79 Å². The zero-order valence-electron chi connectivity index (χ0n) is 11.6. The first-order valence-electron chi connectivity index (χ1n) is 6.54. The third-order valence-corrected chi connectivity index (χ3v) is 3.16. The molecule has 0 spiro atoms. The molecule has 0 aromatic heterocycles. The number of hydrogen-bond acceptors (Lipinski definition) is 2. The number of anilines is 1. The lowest BCUT2D eigenvalue weighted by Crippen LogP contribution is -2.13. The van der Waals surface area contributed by atoms with Crippen LogP contribution in [0.3, 0.4) is 0 Å². The number of carbonyl (C=O) groups excluding carboxylic acids is 1. The SMILES string of the molecule is CC(Nc1ccc(CC(N)=O)cc1)c1ccc(F)c(F)c1. The van der Waals surface area contributed by atoms with E-state index in [0.717, 1.165) is 17.3 Å². The molecule has 2 rings (SSSR count). The van der Waals surface area contributed by atoms with Gasteiger partial charge < -0.3 is 11.1 Å². The fourth-order valence-electron chi connectivity index (χ4n) is 2.04. The molecule has 3 N–H and O–H groups in total. The summed E-state index contributed by atoms with van der Waals surface area (Å²) in [6, 6.07) is 10.9. The normalized spacial score (nSPS) is 12.0. The summed E-state index contributed by atoms with van der Waals surface area (Å²) in [4.78, 5) is 10.8. The lowest BCUT2D eigenvalue weighted by Gasteiger charge is -2.16. The van der Waals surface area contributed by atoms with Crippen LogP contribution in [-0.4, -0.2) is 5.91 Å². The molecule has 0 saturated heterocycles. The molecule has 3 nitrogen and oxygen atoms in total. The van der Waals surface area contributed by atoms with Crippen LogP contribution in [0.5, 0.6) is 0 Å². The summed E-state index contributed by atoms with van der Waals surface area (Å²) in [5, 5.41) is 3.18. The topological polar surface area (TPSA) is 55.1 Å². The highest BCUT2D eigenvalue weighted by molar-refractivity contribution is 5.76. The first-order valence-corrected chi connectivity index (χ1v) is 6.54. The van der Waals surface area contributed by atoms with Gasteiger partial charge in [0.15, 0.2) is 11.6 Å². The molecule has 2 aromatic carbocycles. The maximum absolute atomic E-state index is 13.2. The molecule has 0 bridgehead atoms. The summed E-state index contributed by atoms with van der Waals surface area (Å²) in [7, 11) is 0. The molecular weight excluding hydrogens is 274 g/mol. The first kappa shape index (κ1) is 15.0. The van der Waals surface area contributed by atoms with Gasteiger partial charge in [0.1, 0.15) is 0 Å². The average molecular weight is 290 g/mol. The van der Waals surface area contributed by atoms with Crippen LogP contribution >= 0.6 is 0 Å². The van der Waals surface area contributed by atoms with Crippen molar-refractivity contribution in [2.75, 3.05) is 5.32 Å². The predicted molar refractivity (Wildman–Crippen MR) is 77.7 cm³/mol. The van der Waals surface area contributed by atoms with Crippen molar-refractivity contribution in [1.29, 1.82) is 0 Å². The third kappa shape index (κ3) is 4.02. The van der Waals surface area contributed by atoms with Crippen LogP contribution in [0.2, 0.25) is 0 Å². The minimum Gasteiger partial charge on any atom is -0.379 e. The molecule has 1 atom stereocenters. The Morgan fingerprint density at radius 1 is 1.14 bits per heavy atom. The van der Waals surface area contributed by atoms with E-state index >= 15 is 0 Å². The summed E-state index contributed by atoms with van der Waals surface area (Å²) in [6.45, 7) is 1.85. The van der Waals surface area contributed by atoms with Gasteiger partial charge in [0.2, 0.25) is 5.91 Å². The predicted octanol–water partition coefficient (Wildman–Crippen LogP) is 3.17. The van der Waals surface area contributed by atoms with Gasteiger partial charge in [-0.05, 0) is 42.3 Å². The van der Waals surface area contributed by atoms with E-state index in [1.54, 1.807) is 12.1 Å². The van der Waals surface area contributed by atoms with E-state index in [-0.39, 0.29) is 18.4 Å². The van der Waals surface area contributed by atoms with Crippen LogP contribution in [-0.2, 0) is 11.2 Å². The molecule has 0 fully saturated rings. The Morgan fingerprint density at radius 2 is 1.81 bits per heavy atom. The second-order valence-corrected chi connectivity index (χ2v) is 4.88. The molecule has 0 saturated carbocycles. The van der Waals surface area contributed by atoms with E-state index in [2.05, 4.69) is 5.32 Å². The van der Waals surface area contributed by atoms with Crippen molar-refractivity contribution in [3.8, 4) is 0 Å². The highest BCUT2D eigenvalue weighted by Crippen LogP contribution is 2.21. The first-order chi connectivity index (χ1) is 9.95. The van der Waals surface area contributed by atoms with Crippen molar-refractivity contribution in [3.63, 3.8) is 0 Å². The molecule has 5 heteroatoms. The van der Waals surface area contributed by atoms with Gasteiger partial charge >= 0.3 is 0 Å². The number of amides is 1. The zero-order valence-corrected chi connectivity index (χ0v) is 11.6. The van der Waals surface area contributed by atoms with E-state index in [4.69, 9.17) is 5.73 Å². The quantitative estimate of drug-likeness (QED) is 0.888. The summed E-state index contributed by atoms with van der Waals surface area (Å²) in [6.07, 6.45) is 0.193. The fraction of sp³-hybridized carbons (Fsp3) is 0.188. The molecule has 0 aliphatic carbocycles. The molecule has 1 unspecified atom stereocenters. The summed E-state index contributed by atoms with van der Waals surface area (Å²) in [5.74, 6) is -2.11. The Bertz CT molecular complexity index is 641. The van der Waals surface area contributed by atoms with Gasteiger partial charge in [-0.25, -0.2) is 8.78 Å². The Labute approximate surface area is 121 Å². The van der Waals surface area contributed by atoms with Crippen molar-refractivity contribution in [2.45, 2.75) is 19.4 Å². The monoisotopic (exact) mass is 290 g/mol. The lowest BCUT2D eigenvalue weighted by atomic mass is 10.1. The second kappa shape index (κ2) is 6.35. The third-order valence-electron chi connectivity index (χ3n) is 3.16. The van der Waals surface area contributed by atoms with Crippen LogP contribution in [0.15, 0.2) is 42.5 Å². The number of nitrogens with two attached hydrogens (primary N) is 1. The van der Waals surface area contributed by atoms with Gasteiger partial charge in [0.25, 0.3) is 0 Å². The number of carbonyl (C=O) groups is 1. The van der Waals surface area contributed by atoms with Crippen LogP contribution in [0.1, 0.15) is 24.1 Å². The number of benzene rings is 2. The van der Waals surface area contributed by atoms with Crippen molar-refractivity contribution in [1.82, 2.24) is 0 Å². The van der Waals surface area contributed by atoms with Crippen molar-refractivity contribution < 1.29 is 13.6 Å². The highest BCUT2D eigenvalue weighted by Gasteiger charge is 2.09. The highest BCUT2D eigenvalue weighted by atomic mass is 19.2. The zero-order chi connectivity index (χ0) is 15.4. The fourth-order valence-corrected chi connectivity index (χ4v) is 2.04. The number of nitrogens with one attached hydrogen (secondary N) is 1. The van der Waals surface area contributed by atoms with Crippen molar-refractivity contribution in [3.05, 3.63) is 65.2 Å². The number of primary amides is 1. The summed E-state index contributed by atoms with van der Waals surface area (Å²) in [5.41, 5.74) is 7.42. The number of rotatable bonds is 5. The van der Waals surface area contributed by atoms with Gasteiger partial charge in [-0.2, -0.15) is 0 Å². The minimum atomic E-state index is -0.863. The Morgan fingerprint density at radius 3 is 2.38 bits per heavy atom. The van der Waals surface area contributed by atoms with Crippen LogP contribution < -0.4 is 11.1 Å². The van der Waals surface area contributed by atoms with Crippen molar-refractivity contribution >= 4 is 11.6 Å². The summed E-state index contributed by atoms with van der Waals surface area (Å²) >= 11 is 0. The molecule has 0 radical (unpaired) electrons. The standard InChI is InChI=1S/C16H16F2N2O/c1-10(12-4-7-14(17)15(18)9-12)20-13-5-2-11(3-6-13)8-16(19)21/h2-7,9-10,20H,8H2,1H3,(H2,19,21). The van der Waals surface area contributed by atoms with E-state index in [1.807, 2.05) is 19.1 Å². The van der Waals surface area contributed by atoms with Crippen LogP contribution in [0.4, 0.5) is 14.5 Å². The smallest absolute Gasteiger partial charge is 0.221 e. The van der Waals surface area contributed by atoms with E-state index < -0.39 is 11.6 Å². The molecule has 1 amide bonds. The van der Waals surface area contributed by atoms with Gasteiger partial charge in [-0.1, -0.05) is 18.2 Å². The largest absolute Gasteiger partial charge is 0.379 e. The molecule has 21 heavy (non-hydrogen) atoms. The number of halogens is 2. The lowest BCUT2D eigenvalue weighted by molar-refractivity contribution is -0.117. The molecule has 0 heterocycles. The van der Waals surface area contributed by atoms with Crippen molar-refractivity contribution in [2.24, 2.45) is 5.73 Å². The second-order valence-electron chi connectivity index (χ2n) is 4.88. The van der Waals surface area contributed by atoms with E-state index in [0.29, 0.717) is 5.56 Å². The molecular formula is C16H16F2N2O. The Kier molecular flexibility index (Phi) is 4.52. The average Bonchev–Trinajstić information content (AvgIpc) is 2.43. The van der Waals surface area contributed by atoms with Gasteiger partial charge in [-0.15, -0.1) is 0 Å². The van der Waals surface area contributed by atoms with E-state index in [1.165, 1.54) is 12.1 Å². The maximum atomic E-state index is 13.2. The molecule has 110 valence electrons. The van der Waals surface area contributed by atoms with Gasteiger partial charge in [0, 0.05) is 11.7 Å². The Hall–Kier alpha value is -2.43. The molecule has 0 aliphatic rings. The maximum Gasteiger partial charge on any atom is 0.221 e. The minimum absolute atomic E-state index is 0.179. The van der Waals surface area contributed by atoms with E-state index in [9.17, 15) is 13.6 Å². The molecule has 2 aromatic rings. The van der Waals surface area contributed by atoms with Crippen LogP contribution in [0.25, 0.3) is 0 Å². The van der Waals surface area contributed by atoms with Crippen LogP contribution in [0, 0.1) is 11.6 Å². The van der Waals surface area contributed by atoms with Gasteiger partial charge in [0.05, 0.1) is 6.42 Å². The number of hydrogen-bond donors (Lipinski definition) is 2. The molecule has 0 aliphatic heterocycles.